The average Bonchev–Trinajstić information content (AvgIpc) is 2.59. The first-order valence-electron chi connectivity index (χ1n) is 6.20. The summed E-state index contributed by atoms with van der Waals surface area (Å²) in [6, 6.07) is 0. The Morgan fingerprint density at radius 1 is 1.07 bits per heavy atom. The monoisotopic (exact) mass is 199 g/mol. The Balaban J connectivity index is 1.92. The van der Waals surface area contributed by atoms with Crippen molar-refractivity contribution >= 4 is 0 Å². The lowest BCUT2D eigenvalue weighted by Gasteiger charge is -2.23. The van der Waals surface area contributed by atoms with Crippen LogP contribution in [-0.4, -0.2) is 12.3 Å². The van der Waals surface area contributed by atoms with Gasteiger partial charge in [-0.1, -0.05) is 32.6 Å². The number of hydrogen-bond donors (Lipinski definition) is 1. The summed E-state index contributed by atoms with van der Waals surface area (Å²) in [7, 11) is 0. The molecule has 2 N–H and O–H groups in total. The third-order valence-corrected chi connectivity index (χ3v) is 3.09. The van der Waals surface area contributed by atoms with Crippen LogP contribution in [0.4, 0.5) is 0 Å². The predicted octanol–water partition coefficient (Wildman–Crippen LogP) is 3.20. The molecule has 0 bridgehead atoms. The van der Waals surface area contributed by atoms with Crippen molar-refractivity contribution in [1.82, 2.24) is 0 Å². The summed E-state index contributed by atoms with van der Waals surface area (Å²) in [6.07, 6.45) is 11.1. The molecule has 0 aromatic carbocycles. The summed E-state index contributed by atoms with van der Waals surface area (Å²) in [5, 5.41) is 0. The van der Waals surface area contributed by atoms with Crippen LogP contribution in [0.2, 0.25) is 0 Å². The first kappa shape index (κ1) is 12.0. The Kier molecular flexibility index (Phi) is 5.49. The molecule has 0 spiro atoms. The van der Waals surface area contributed by atoms with Gasteiger partial charge in [-0.3, -0.25) is 0 Å². The molecule has 0 unspecified atom stereocenters. The molecule has 1 aliphatic rings. The van der Waals surface area contributed by atoms with Crippen LogP contribution >= 0.6 is 0 Å². The van der Waals surface area contributed by atoms with Crippen LogP contribution in [0.1, 0.15) is 64.7 Å². The van der Waals surface area contributed by atoms with Gasteiger partial charge in [0, 0.05) is 6.61 Å². The molecule has 0 amide bonds. The molecule has 84 valence electrons. The fraction of sp³-hybridized carbons (Fsp3) is 1.00. The zero-order chi connectivity index (χ0) is 10.3. The Bertz CT molecular complexity index is 141. The number of nitrogens with two attached hydrogens (primary N) is 1. The summed E-state index contributed by atoms with van der Waals surface area (Å²) >= 11 is 0. The van der Waals surface area contributed by atoms with Crippen LogP contribution in [0.5, 0.6) is 0 Å². The smallest absolute Gasteiger partial charge is 0.116 e. The maximum Gasteiger partial charge on any atom is 0.116 e. The molecule has 0 saturated heterocycles. The highest BCUT2D eigenvalue weighted by atomic mass is 16.5. The van der Waals surface area contributed by atoms with Crippen molar-refractivity contribution in [2.75, 3.05) is 6.61 Å². The molecule has 1 saturated carbocycles. The Morgan fingerprint density at radius 2 is 1.71 bits per heavy atom. The SMILES string of the molecule is CCCCCCCOC1(N)CCCC1. The van der Waals surface area contributed by atoms with Crippen LogP contribution in [0.15, 0.2) is 0 Å². The molecule has 0 atom stereocenters. The standard InChI is InChI=1S/C12H25NO/c1-2-3-4-5-8-11-14-12(13)9-6-7-10-12/h2-11,13H2,1H3. The van der Waals surface area contributed by atoms with E-state index < -0.39 is 0 Å². The lowest BCUT2D eigenvalue weighted by molar-refractivity contribution is -0.0374. The maximum atomic E-state index is 6.08. The second-order valence-corrected chi connectivity index (χ2v) is 4.53. The molecule has 14 heavy (non-hydrogen) atoms. The molecular weight excluding hydrogens is 174 g/mol. The van der Waals surface area contributed by atoms with E-state index in [2.05, 4.69) is 6.92 Å². The zero-order valence-corrected chi connectivity index (χ0v) is 9.56. The van der Waals surface area contributed by atoms with Gasteiger partial charge in [0.2, 0.25) is 0 Å². The molecule has 0 radical (unpaired) electrons. The van der Waals surface area contributed by atoms with Crippen molar-refractivity contribution in [3.8, 4) is 0 Å². The zero-order valence-electron chi connectivity index (χ0n) is 9.56. The number of ether oxygens (including phenoxy) is 1. The number of hydrogen-bond acceptors (Lipinski definition) is 2. The lowest BCUT2D eigenvalue weighted by Crippen LogP contribution is -2.39. The van der Waals surface area contributed by atoms with Crippen molar-refractivity contribution in [3.63, 3.8) is 0 Å². The van der Waals surface area contributed by atoms with Crippen LogP contribution in [0.25, 0.3) is 0 Å². The van der Waals surface area contributed by atoms with Gasteiger partial charge in [-0.25, -0.2) is 0 Å². The second kappa shape index (κ2) is 6.41. The molecule has 2 nitrogen and oxygen atoms in total. The first-order chi connectivity index (χ1) is 6.77. The molecule has 0 heterocycles. The molecule has 0 aromatic heterocycles. The highest BCUT2D eigenvalue weighted by Crippen LogP contribution is 2.28. The third kappa shape index (κ3) is 4.43. The molecule has 1 rings (SSSR count). The van der Waals surface area contributed by atoms with E-state index in [-0.39, 0.29) is 5.72 Å². The number of unbranched alkanes of at least 4 members (excludes halogenated alkanes) is 4. The summed E-state index contributed by atoms with van der Waals surface area (Å²) in [5.74, 6) is 0. The van der Waals surface area contributed by atoms with Gasteiger partial charge in [-0.15, -0.1) is 0 Å². The van der Waals surface area contributed by atoms with E-state index >= 15 is 0 Å². The van der Waals surface area contributed by atoms with Crippen molar-refractivity contribution in [2.45, 2.75) is 70.4 Å². The summed E-state index contributed by atoms with van der Waals surface area (Å²) in [5.41, 5.74) is 5.82. The highest BCUT2D eigenvalue weighted by Gasteiger charge is 2.29. The normalized spacial score (nSPS) is 20.1. The minimum absolute atomic E-state index is 0.259. The minimum atomic E-state index is -0.259. The predicted molar refractivity (Wildman–Crippen MR) is 60.1 cm³/mol. The van der Waals surface area contributed by atoms with Crippen molar-refractivity contribution in [3.05, 3.63) is 0 Å². The Labute approximate surface area is 88.2 Å². The molecule has 0 aromatic rings. The highest BCUT2D eigenvalue weighted by molar-refractivity contribution is 4.79. The third-order valence-electron chi connectivity index (χ3n) is 3.09. The van der Waals surface area contributed by atoms with Crippen LogP contribution in [-0.2, 0) is 4.74 Å². The van der Waals surface area contributed by atoms with Crippen molar-refractivity contribution in [1.29, 1.82) is 0 Å². The van der Waals surface area contributed by atoms with E-state index in [1.54, 1.807) is 0 Å². The van der Waals surface area contributed by atoms with E-state index in [1.165, 1.54) is 44.9 Å². The Morgan fingerprint density at radius 3 is 2.36 bits per heavy atom. The maximum absolute atomic E-state index is 6.08. The van der Waals surface area contributed by atoms with Gasteiger partial charge in [0.15, 0.2) is 0 Å². The van der Waals surface area contributed by atoms with Crippen LogP contribution < -0.4 is 5.73 Å². The van der Waals surface area contributed by atoms with Gasteiger partial charge in [-0.2, -0.15) is 0 Å². The quantitative estimate of drug-likeness (QED) is 0.505. The largest absolute Gasteiger partial charge is 0.361 e. The molecule has 1 aliphatic carbocycles. The second-order valence-electron chi connectivity index (χ2n) is 4.53. The number of rotatable bonds is 7. The van der Waals surface area contributed by atoms with Gasteiger partial charge in [0.25, 0.3) is 0 Å². The topological polar surface area (TPSA) is 35.2 Å². The molecule has 1 fully saturated rings. The Hall–Kier alpha value is -0.0800. The molecule has 0 aliphatic heterocycles. The summed E-state index contributed by atoms with van der Waals surface area (Å²) < 4.78 is 5.75. The summed E-state index contributed by atoms with van der Waals surface area (Å²) in [6.45, 7) is 3.10. The summed E-state index contributed by atoms with van der Waals surface area (Å²) in [4.78, 5) is 0. The molecular formula is C12H25NO. The van der Waals surface area contributed by atoms with Gasteiger partial charge in [-0.05, 0) is 32.1 Å². The molecule has 2 heteroatoms. The minimum Gasteiger partial charge on any atom is -0.361 e. The van der Waals surface area contributed by atoms with Crippen molar-refractivity contribution < 1.29 is 4.74 Å². The lowest BCUT2D eigenvalue weighted by atomic mass is 10.1. The van der Waals surface area contributed by atoms with E-state index in [0.29, 0.717) is 0 Å². The van der Waals surface area contributed by atoms with Gasteiger partial charge in [0.05, 0.1) is 0 Å². The average molecular weight is 199 g/mol. The van der Waals surface area contributed by atoms with Gasteiger partial charge in [0.1, 0.15) is 5.72 Å². The van der Waals surface area contributed by atoms with Crippen LogP contribution in [0.3, 0.4) is 0 Å². The van der Waals surface area contributed by atoms with E-state index in [0.717, 1.165) is 19.4 Å². The fourth-order valence-corrected chi connectivity index (χ4v) is 2.10. The van der Waals surface area contributed by atoms with E-state index in [1.807, 2.05) is 0 Å². The van der Waals surface area contributed by atoms with E-state index in [4.69, 9.17) is 10.5 Å². The van der Waals surface area contributed by atoms with Crippen molar-refractivity contribution in [2.24, 2.45) is 5.73 Å². The fourth-order valence-electron chi connectivity index (χ4n) is 2.10. The first-order valence-corrected chi connectivity index (χ1v) is 6.20. The van der Waals surface area contributed by atoms with E-state index in [9.17, 15) is 0 Å². The van der Waals surface area contributed by atoms with Gasteiger partial charge >= 0.3 is 0 Å². The van der Waals surface area contributed by atoms with Crippen LogP contribution in [0, 0.1) is 0 Å². The van der Waals surface area contributed by atoms with Gasteiger partial charge < -0.3 is 10.5 Å².